The van der Waals surface area contributed by atoms with Gasteiger partial charge in [-0.15, -0.1) is 0 Å². The minimum absolute atomic E-state index is 0.754. The van der Waals surface area contributed by atoms with E-state index in [2.05, 4.69) is 12.2 Å². The van der Waals surface area contributed by atoms with Crippen molar-refractivity contribution in [1.82, 2.24) is 5.32 Å². The molecule has 0 aliphatic carbocycles. The van der Waals surface area contributed by atoms with Gasteiger partial charge in [-0.1, -0.05) is 27.2 Å². The van der Waals surface area contributed by atoms with Gasteiger partial charge in [0, 0.05) is 13.1 Å². The maximum absolute atomic E-state index is 5.25. The van der Waals surface area contributed by atoms with Crippen molar-refractivity contribution < 1.29 is 0 Å². The van der Waals surface area contributed by atoms with Crippen molar-refractivity contribution in [3.8, 4) is 0 Å². The van der Waals surface area contributed by atoms with Gasteiger partial charge in [0.1, 0.15) is 0 Å². The van der Waals surface area contributed by atoms with E-state index in [0.717, 1.165) is 19.6 Å². The summed E-state index contributed by atoms with van der Waals surface area (Å²) in [6.45, 7) is 9.02. The van der Waals surface area contributed by atoms with Crippen molar-refractivity contribution in [2.75, 3.05) is 19.6 Å². The van der Waals surface area contributed by atoms with Crippen LogP contribution < -0.4 is 11.1 Å². The molecule has 0 amide bonds. The first-order valence-corrected chi connectivity index (χ1v) is 4.32. The van der Waals surface area contributed by atoms with Crippen LogP contribution in [0, 0.1) is 0 Å². The van der Waals surface area contributed by atoms with Gasteiger partial charge in [-0.2, -0.15) is 0 Å². The molecule has 10 heavy (non-hydrogen) atoms. The fourth-order valence-corrected chi connectivity index (χ4v) is 0.529. The number of nitrogens with one attached hydrogen (secondary N) is 1. The average molecular weight is 146 g/mol. The Morgan fingerprint density at radius 2 is 1.80 bits per heavy atom. The highest BCUT2D eigenvalue weighted by atomic mass is 14.9. The lowest BCUT2D eigenvalue weighted by molar-refractivity contribution is 0.645. The predicted octanol–water partition coefficient (Wildman–Crippen LogP) is 1.36. The summed E-state index contributed by atoms with van der Waals surface area (Å²) in [6.07, 6.45) is 2.53. The zero-order chi connectivity index (χ0) is 8.24. The average Bonchev–Trinajstić information content (AvgIpc) is 2.02. The molecule has 0 aromatic rings. The zero-order valence-corrected chi connectivity index (χ0v) is 7.61. The Kier molecular flexibility index (Phi) is 20.1. The maximum atomic E-state index is 5.25. The fourth-order valence-electron chi connectivity index (χ4n) is 0.529. The molecule has 0 heterocycles. The van der Waals surface area contributed by atoms with Crippen LogP contribution in [0.15, 0.2) is 0 Å². The second-order valence-electron chi connectivity index (χ2n) is 1.89. The minimum Gasteiger partial charge on any atom is -0.329 e. The number of hydrogen-bond donors (Lipinski definition) is 2. The van der Waals surface area contributed by atoms with Crippen LogP contribution in [0.3, 0.4) is 0 Å². The molecule has 0 aromatic heterocycles. The van der Waals surface area contributed by atoms with Crippen LogP contribution >= 0.6 is 0 Å². The first-order chi connectivity index (χ1) is 4.91. The van der Waals surface area contributed by atoms with Gasteiger partial charge in [0.25, 0.3) is 0 Å². The molecule has 0 aliphatic heterocycles. The summed E-state index contributed by atoms with van der Waals surface area (Å²) in [5.74, 6) is 0. The molecule has 0 radical (unpaired) electrons. The Bertz CT molecular complexity index is 32.2. The topological polar surface area (TPSA) is 38.0 Å². The number of hydrogen-bond acceptors (Lipinski definition) is 2. The van der Waals surface area contributed by atoms with E-state index in [-0.39, 0.29) is 0 Å². The Morgan fingerprint density at radius 1 is 1.20 bits per heavy atom. The van der Waals surface area contributed by atoms with E-state index < -0.39 is 0 Å². The largest absolute Gasteiger partial charge is 0.329 e. The summed E-state index contributed by atoms with van der Waals surface area (Å²) >= 11 is 0. The van der Waals surface area contributed by atoms with Crippen LogP contribution in [-0.4, -0.2) is 19.6 Å². The molecule has 0 saturated carbocycles. The Labute approximate surface area is 65.2 Å². The van der Waals surface area contributed by atoms with Gasteiger partial charge in [-0.3, -0.25) is 0 Å². The summed E-state index contributed by atoms with van der Waals surface area (Å²) in [4.78, 5) is 0. The highest BCUT2D eigenvalue weighted by Gasteiger charge is 1.80. The van der Waals surface area contributed by atoms with Crippen LogP contribution in [-0.2, 0) is 0 Å². The van der Waals surface area contributed by atoms with Gasteiger partial charge in [0.05, 0.1) is 0 Å². The molecule has 3 N–H and O–H groups in total. The minimum atomic E-state index is 0.754. The van der Waals surface area contributed by atoms with Gasteiger partial charge in [0.15, 0.2) is 0 Å². The molecule has 0 atom stereocenters. The summed E-state index contributed by atoms with van der Waals surface area (Å²) in [6, 6.07) is 0. The second-order valence-corrected chi connectivity index (χ2v) is 1.89. The summed E-state index contributed by atoms with van der Waals surface area (Å²) in [5.41, 5.74) is 5.25. The van der Waals surface area contributed by atoms with Crippen molar-refractivity contribution in [1.29, 1.82) is 0 Å². The SMILES string of the molecule is CC.CCCCNCCN. The lowest BCUT2D eigenvalue weighted by Crippen LogP contribution is -2.23. The highest BCUT2D eigenvalue weighted by molar-refractivity contribution is 4.45. The van der Waals surface area contributed by atoms with Crippen LogP contribution in [0.4, 0.5) is 0 Å². The molecule has 0 spiro atoms. The molecule has 2 nitrogen and oxygen atoms in total. The van der Waals surface area contributed by atoms with Gasteiger partial charge < -0.3 is 11.1 Å². The van der Waals surface area contributed by atoms with Gasteiger partial charge in [0.2, 0.25) is 0 Å². The monoisotopic (exact) mass is 146 g/mol. The van der Waals surface area contributed by atoms with Gasteiger partial charge >= 0.3 is 0 Å². The summed E-state index contributed by atoms with van der Waals surface area (Å²) < 4.78 is 0. The van der Waals surface area contributed by atoms with Crippen molar-refractivity contribution in [3.63, 3.8) is 0 Å². The lowest BCUT2D eigenvalue weighted by Gasteiger charge is -1.98. The Hall–Kier alpha value is -0.0800. The third kappa shape index (κ3) is 15.7. The fraction of sp³-hybridized carbons (Fsp3) is 1.00. The van der Waals surface area contributed by atoms with Crippen molar-refractivity contribution in [2.45, 2.75) is 33.6 Å². The number of unbranched alkanes of at least 4 members (excludes halogenated alkanes) is 1. The second kappa shape index (κ2) is 16.0. The van der Waals surface area contributed by atoms with E-state index >= 15 is 0 Å². The van der Waals surface area contributed by atoms with Crippen molar-refractivity contribution in [2.24, 2.45) is 5.73 Å². The molecular formula is C8H22N2. The Balaban J connectivity index is 0. The Morgan fingerprint density at radius 3 is 2.20 bits per heavy atom. The molecule has 0 aromatic carbocycles. The zero-order valence-electron chi connectivity index (χ0n) is 7.61. The van der Waals surface area contributed by atoms with Crippen molar-refractivity contribution in [3.05, 3.63) is 0 Å². The van der Waals surface area contributed by atoms with E-state index in [9.17, 15) is 0 Å². The molecule has 0 bridgehead atoms. The molecular weight excluding hydrogens is 124 g/mol. The molecule has 0 saturated heterocycles. The van der Waals surface area contributed by atoms with E-state index in [1.54, 1.807) is 0 Å². The summed E-state index contributed by atoms with van der Waals surface area (Å²) in [7, 11) is 0. The molecule has 0 unspecified atom stereocenters. The molecule has 64 valence electrons. The molecule has 2 heteroatoms. The first-order valence-electron chi connectivity index (χ1n) is 4.32. The number of rotatable bonds is 5. The first kappa shape index (κ1) is 12.6. The molecule has 0 fully saturated rings. The van der Waals surface area contributed by atoms with Crippen LogP contribution in [0.1, 0.15) is 33.6 Å². The van der Waals surface area contributed by atoms with E-state index in [1.807, 2.05) is 13.8 Å². The van der Waals surface area contributed by atoms with Gasteiger partial charge in [-0.05, 0) is 13.0 Å². The van der Waals surface area contributed by atoms with E-state index in [4.69, 9.17) is 5.73 Å². The highest BCUT2D eigenvalue weighted by Crippen LogP contribution is 1.80. The van der Waals surface area contributed by atoms with Crippen LogP contribution in [0.5, 0.6) is 0 Å². The van der Waals surface area contributed by atoms with E-state index in [0.29, 0.717) is 0 Å². The van der Waals surface area contributed by atoms with Gasteiger partial charge in [-0.25, -0.2) is 0 Å². The van der Waals surface area contributed by atoms with Crippen molar-refractivity contribution >= 4 is 0 Å². The van der Waals surface area contributed by atoms with E-state index in [1.165, 1.54) is 12.8 Å². The third-order valence-corrected chi connectivity index (χ3v) is 1.03. The summed E-state index contributed by atoms with van der Waals surface area (Å²) in [5, 5.41) is 3.21. The van der Waals surface area contributed by atoms with Crippen LogP contribution in [0.2, 0.25) is 0 Å². The lowest BCUT2D eigenvalue weighted by atomic mass is 10.3. The predicted molar refractivity (Wildman–Crippen MR) is 48.2 cm³/mol. The normalized spacial score (nSPS) is 8.40. The maximum Gasteiger partial charge on any atom is 0.00745 e. The molecule has 0 aliphatic rings. The third-order valence-electron chi connectivity index (χ3n) is 1.03. The molecule has 0 rings (SSSR count). The van der Waals surface area contributed by atoms with Crippen LogP contribution in [0.25, 0.3) is 0 Å². The smallest absolute Gasteiger partial charge is 0.00745 e. The quantitative estimate of drug-likeness (QED) is 0.575. The standard InChI is InChI=1S/C6H16N2.C2H6/c1-2-3-5-8-6-4-7;1-2/h8H,2-7H2,1H3;1-2H3. The number of nitrogens with two attached hydrogens (primary N) is 1.